The van der Waals surface area contributed by atoms with Gasteiger partial charge in [-0.2, -0.15) is 11.3 Å². The monoisotopic (exact) mass is 386 g/mol. The standard InChI is InChI=1S/C17H11ClN4OS2/c18-13-7-12(1-2-15(13)22-5-4-19-10-22)20-16(23)14-9-25-17(21-14)11-3-6-24-8-11/h1-10H,(H,20,23). The Morgan fingerprint density at radius 3 is 2.88 bits per heavy atom. The molecule has 0 fully saturated rings. The number of thiazole rings is 1. The van der Waals surface area contributed by atoms with Crippen molar-refractivity contribution in [2.24, 2.45) is 0 Å². The van der Waals surface area contributed by atoms with E-state index in [2.05, 4.69) is 15.3 Å². The first-order chi connectivity index (χ1) is 12.2. The van der Waals surface area contributed by atoms with E-state index >= 15 is 0 Å². The van der Waals surface area contributed by atoms with Crippen LogP contribution < -0.4 is 5.32 Å². The molecule has 3 aromatic heterocycles. The number of imidazole rings is 1. The molecule has 0 bridgehead atoms. The lowest BCUT2D eigenvalue weighted by Crippen LogP contribution is -2.12. The molecule has 0 aliphatic carbocycles. The zero-order valence-electron chi connectivity index (χ0n) is 12.7. The molecule has 124 valence electrons. The summed E-state index contributed by atoms with van der Waals surface area (Å²) in [5.41, 5.74) is 2.83. The molecule has 1 N–H and O–H groups in total. The van der Waals surface area contributed by atoms with Gasteiger partial charge in [0.25, 0.3) is 5.91 Å². The van der Waals surface area contributed by atoms with Crippen LogP contribution in [0.2, 0.25) is 5.02 Å². The van der Waals surface area contributed by atoms with Crippen LogP contribution in [0.5, 0.6) is 0 Å². The van der Waals surface area contributed by atoms with E-state index in [-0.39, 0.29) is 5.91 Å². The van der Waals surface area contributed by atoms with Crippen LogP contribution in [-0.4, -0.2) is 20.4 Å². The van der Waals surface area contributed by atoms with Crippen molar-refractivity contribution in [3.63, 3.8) is 0 Å². The van der Waals surface area contributed by atoms with Gasteiger partial charge >= 0.3 is 0 Å². The van der Waals surface area contributed by atoms with Gasteiger partial charge in [0.15, 0.2) is 0 Å². The Morgan fingerprint density at radius 1 is 1.24 bits per heavy atom. The summed E-state index contributed by atoms with van der Waals surface area (Å²) in [4.78, 5) is 20.8. The van der Waals surface area contributed by atoms with E-state index in [4.69, 9.17) is 11.6 Å². The third-order valence-electron chi connectivity index (χ3n) is 3.49. The minimum Gasteiger partial charge on any atom is -0.321 e. The molecule has 0 aliphatic rings. The highest BCUT2D eigenvalue weighted by Gasteiger charge is 2.13. The Bertz CT molecular complexity index is 1010. The lowest BCUT2D eigenvalue weighted by atomic mass is 10.2. The van der Waals surface area contributed by atoms with E-state index in [1.807, 2.05) is 27.5 Å². The van der Waals surface area contributed by atoms with Crippen LogP contribution in [0.1, 0.15) is 10.5 Å². The fourth-order valence-electron chi connectivity index (χ4n) is 2.29. The molecule has 1 amide bonds. The van der Waals surface area contributed by atoms with E-state index in [9.17, 15) is 4.79 Å². The predicted molar refractivity (Wildman–Crippen MR) is 102 cm³/mol. The molecule has 3 heterocycles. The molecule has 0 atom stereocenters. The van der Waals surface area contributed by atoms with Gasteiger partial charge in [-0.1, -0.05) is 11.6 Å². The molecule has 0 saturated heterocycles. The Morgan fingerprint density at radius 2 is 2.16 bits per heavy atom. The molecule has 4 rings (SSSR count). The molecule has 8 heteroatoms. The Hall–Kier alpha value is -2.48. The second-order valence-corrected chi connectivity index (χ2v) is 7.19. The Balaban J connectivity index is 1.52. The lowest BCUT2D eigenvalue weighted by molar-refractivity contribution is 0.102. The molecule has 4 aromatic rings. The largest absolute Gasteiger partial charge is 0.321 e. The number of hydrogen-bond donors (Lipinski definition) is 1. The number of nitrogens with one attached hydrogen (secondary N) is 1. The quantitative estimate of drug-likeness (QED) is 0.539. The first-order valence-electron chi connectivity index (χ1n) is 7.28. The average molecular weight is 387 g/mol. The van der Waals surface area contributed by atoms with Crippen molar-refractivity contribution in [1.29, 1.82) is 0 Å². The van der Waals surface area contributed by atoms with Gasteiger partial charge in [-0.3, -0.25) is 4.79 Å². The highest BCUT2D eigenvalue weighted by atomic mass is 35.5. The number of nitrogens with zero attached hydrogens (tertiary/aromatic N) is 3. The van der Waals surface area contributed by atoms with Gasteiger partial charge in [0, 0.05) is 34.4 Å². The number of halogens is 1. The zero-order valence-corrected chi connectivity index (χ0v) is 15.1. The number of benzene rings is 1. The zero-order chi connectivity index (χ0) is 17.2. The number of anilines is 1. The van der Waals surface area contributed by atoms with Crippen molar-refractivity contribution in [2.75, 3.05) is 5.32 Å². The maximum Gasteiger partial charge on any atom is 0.275 e. The summed E-state index contributed by atoms with van der Waals surface area (Å²) in [6.07, 6.45) is 5.15. The number of carbonyl (C=O) groups excluding carboxylic acids is 1. The predicted octanol–water partition coefficient (Wildman–Crippen LogP) is 4.96. The number of thiophene rings is 1. The second kappa shape index (κ2) is 6.79. The van der Waals surface area contributed by atoms with Gasteiger partial charge in [-0.05, 0) is 29.6 Å². The first-order valence-corrected chi connectivity index (χ1v) is 9.48. The Labute approximate surface area is 156 Å². The smallest absolute Gasteiger partial charge is 0.275 e. The van der Waals surface area contributed by atoms with Gasteiger partial charge in [0.05, 0.1) is 17.0 Å². The van der Waals surface area contributed by atoms with E-state index in [1.165, 1.54) is 11.3 Å². The van der Waals surface area contributed by atoms with Gasteiger partial charge in [-0.25, -0.2) is 9.97 Å². The maximum absolute atomic E-state index is 12.4. The molecule has 0 radical (unpaired) electrons. The van der Waals surface area contributed by atoms with Gasteiger partial charge < -0.3 is 9.88 Å². The average Bonchev–Trinajstić information content (AvgIpc) is 3.35. The van der Waals surface area contributed by atoms with E-state index in [1.54, 1.807) is 47.6 Å². The number of aromatic nitrogens is 3. The molecular formula is C17H11ClN4OS2. The molecule has 0 spiro atoms. The number of rotatable bonds is 4. The molecule has 0 saturated carbocycles. The number of amides is 1. The van der Waals surface area contributed by atoms with E-state index < -0.39 is 0 Å². The van der Waals surface area contributed by atoms with E-state index in [0.29, 0.717) is 16.4 Å². The summed E-state index contributed by atoms with van der Waals surface area (Å²) in [5.74, 6) is -0.260. The van der Waals surface area contributed by atoms with Crippen molar-refractivity contribution in [3.05, 3.63) is 69.8 Å². The van der Waals surface area contributed by atoms with Crippen molar-refractivity contribution in [3.8, 4) is 16.3 Å². The van der Waals surface area contributed by atoms with E-state index in [0.717, 1.165) is 16.3 Å². The van der Waals surface area contributed by atoms with Crippen molar-refractivity contribution in [2.45, 2.75) is 0 Å². The topological polar surface area (TPSA) is 59.8 Å². The fraction of sp³-hybridized carbons (Fsp3) is 0. The van der Waals surface area contributed by atoms with Crippen LogP contribution in [0.15, 0.2) is 59.1 Å². The summed E-state index contributed by atoms with van der Waals surface area (Å²) in [5, 5.41) is 9.93. The van der Waals surface area contributed by atoms with Gasteiger partial charge in [0.2, 0.25) is 0 Å². The summed E-state index contributed by atoms with van der Waals surface area (Å²) in [7, 11) is 0. The van der Waals surface area contributed by atoms with Crippen LogP contribution in [0.4, 0.5) is 5.69 Å². The number of carbonyl (C=O) groups is 1. The van der Waals surface area contributed by atoms with Crippen LogP contribution in [0.3, 0.4) is 0 Å². The SMILES string of the molecule is O=C(Nc1ccc(-n2ccnc2)c(Cl)c1)c1csc(-c2ccsc2)n1. The lowest BCUT2D eigenvalue weighted by Gasteiger charge is -2.08. The molecular weight excluding hydrogens is 376 g/mol. The van der Waals surface area contributed by atoms with Crippen LogP contribution >= 0.6 is 34.3 Å². The maximum atomic E-state index is 12.4. The molecule has 5 nitrogen and oxygen atoms in total. The Kier molecular flexibility index (Phi) is 4.35. The van der Waals surface area contributed by atoms with Crippen molar-refractivity contribution < 1.29 is 4.79 Å². The van der Waals surface area contributed by atoms with Crippen LogP contribution in [0, 0.1) is 0 Å². The molecule has 25 heavy (non-hydrogen) atoms. The molecule has 0 unspecified atom stereocenters. The van der Waals surface area contributed by atoms with Gasteiger partial charge in [-0.15, -0.1) is 11.3 Å². The number of hydrogen-bond acceptors (Lipinski definition) is 5. The third-order valence-corrected chi connectivity index (χ3v) is 5.37. The summed E-state index contributed by atoms with van der Waals surface area (Å²) in [6, 6.07) is 7.32. The van der Waals surface area contributed by atoms with Crippen LogP contribution in [0.25, 0.3) is 16.3 Å². The summed E-state index contributed by atoms with van der Waals surface area (Å²) >= 11 is 9.36. The van der Waals surface area contributed by atoms with Crippen LogP contribution in [-0.2, 0) is 0 Å². The first kappa shape index (κ1) is 16.0. The van der Waals surface area contributed by atoms with Crippen molar-refractivity contribution in [1.82, 2.24) is 14.5 Å². The fourth-order valence-corrected chi connectivity index (χ4v) is 4.08. The normalized spacial score (nSPS) is 10.8. The molecule has 1 aromatic carbocycles. The highest BCUT2D eigenvalue weighted by molar-refractivity contribution is 7.14. The highest BCUT2D eigenvalue weighted by Crippen LogP contribution is 2.27. The van der Waals surface area contributed by atoms with Gasteiger partial charge in [0.1, 0.15) is 10.7 Å². The minimum atomic E-state index is -0.260. The summed E-state index contributed by atoms with van der Waals surface area (Å²) < 4.78 is 1.81. The minimum absolute atomic E-state index is 0.260. The third kappa shape index (κ3) is 3.34. The second-order valence-electron chi connectivity index (χ2n) is 5.14. The summed E-state index contributed by atoms with van der Waals surface area (Å²) in [6.45, 7) is 0. The molecule has 0 aliphatic heterocycles. The van der Waals surface area contributed by atoms with Crippen molar-refractivity contribution >= 4 is 45.9 Å².